The lowest BCUT2D eigenvalue weighted by molar-refractivity contribution is -0.124. The Morgan fingerprint density at radius 1 is 1.37 bits per heavy atom. The van der Waals surface area contributed by atoms with Gasteiger partial charge in [-0.2, -0.15) is 5.10 Å². The van der Waals surface area contributed by atoms with Gasteiger partial charge in [-0.3, -0.25) is 4.79 Å². The Morgan fingerprint density at radius 2 is 2.05 bits per heavy atom. The Balaban J connectivity index is 1.73. The van der Waals surface area contributed by atoms with Crippen LogP contribution in [0.15, 0.2) is 6.33 Å². The number of nitrogens with zero attached hydrogens (tertiary/aromatic N) is 3. The van der Waals surface area contributed by atoms with Gasteiger partial charge in [0.1, 0.15) is 12.2 Å². The molecule has 0 saturated heterocycles. The molecule has 3 rings (SSSR count). The van der Waals surface area contributed by atoms with Gasteiger partial charge in [-0.05, 0) is 23.7 Å². The topological polar surface area (TPSA) is 59.8 Å². The van der Waals surface area contributed by atoms with E-state index in [9.17, 15) is 4.79 Å². The monoisotopic (exact) mass is 262 g/mol. The summed E-state index contributed by atoms with van der Waals surface area (Å²) in [6.07, 6.45) is 3.57. The molecule has 19 heavy (non-hydrogen) atoms. The second-order valence-electron chi connectivity index (χ2n) is 6.92. The van der Waals surface area contributed by atoms with E-state index in [4.69, 9.17) is 0 Å². The van der Waals surface area contributed by atoms with Gasteiger partial charge in [0.2, 0.25) is 5.91 Å². The Labute approximate surface area is 113 Å². The van der Waals surface area contributed by atoms with Gasteiger partial charge in [-0.25, -0.2) is 9.67 Å². The zero-order valence-corrected chi connectivity index (χ0v) is 12.1. The standard InChI is InChI=1S/C14H22N4O/c1-13(2)10(14(13,3)4)12(19)17-9-6-5-7-18-11(9)15-8-16-18/h8-10H,5-7H2,1-4H3,(H,17,19). The number of hydrogen-bond donors (Lipinski definition) is 1. The second-order valence-corrected chi connectivity index (χ2v) is 6.92. The number of aromatic nitrogens is 3. The van der Waals surface area contributed by atoms with Crippen LogP contribution >= 0.6 is 0 Å². The van der Waals surface area contributed by atoms with Crippen molar-refractivity contribution in [2.24, 2.45) is 16.7 Å². The summed E-state index contributed by atoms with van der Waals surface area (Å²) in [5.41, 5.74) is 0.166. The van der Waals surface area contributed by atoms with Gasteiger partial charge in [-0.15, -0.1) is 0 Å². The Hall–Kier alpha value is -1.39. The molecule has 1 aliphatic heterocycles. The van der Waals surface area contributed by atoms with E-state index < -0.39 is 0 Å². The van der Waals surface area contributed by atoms with Crippen molar-refractivity contribution in [1.29, 1.82) is 0 Å². The second kappa shape index (κ2) is 3.81. The molecular weight excluding hydrogens is 240 g/mol. The van der Waals surface area contributed by atoms with Crippen molar-refractivity contribution in [2.75, 3.05) is 0 Å². The minimum Gasteiger partial charge on any atom is -0.346 e. The first-order valence-corrected chi connectivity index (χ1v) is 7.04. The third kappa shape index (κ3) is 1.70. The van der Waals surface area contributed by atoms with Crippen molar-refractivity contribution in [2.45, 2.75) is 53.1 Å². The van der Waals surface area contributed by atoms with Crippen LogP contribution in [0.3, 0.4) is 0 Å². The van der Waals surface area contributed by atoms with Crippen LogP contribution in [0.2, 0.25) is 0 Å². The van der Waals surface area contributed by atoms with Gasteiger partial charge in [0.15, 0.2) is 0 Å². The molecule has 1 fully saturated rings. The maximum atomic E-state index is 12.5. The maximum Gasteiger partial charge on any atom is 0.224 e. The van der Waals surface area contributed by atoms with Crippen LogP contribution in [0, 0.1) is 16.7 Å². The van der Waals surface area contributed by atoms with Crippen LogP contribution in [0.5, 0.6) is 0 Å². The third-order valence-electron chi connectivity index (χ3n) is 5.42. The molecule has 2 aliphatic rings. The molecule has 0 radical (unpaired) electrons. The SMILES string of the molecule is CC1(C)C(C(=O)NC2CCCn3ncnc32)C1(C)C. The minimum atomic E-state index is 0.0240. The number of fused-ring (bicyclic) bond motifs is 1. The Morgan fingerprint density at radius 3 is 2.68 bits per heavy atom. The van der Waals surface area contributed by atoms with Crippen LogP contribution in [-0.4, -0.2) is 20.7 Å². The number of nitrogens with one attached hydrogen (secondary N) is 1. The van der Waals surface area contributed by atoms with Crippen molar-refractivity contribution >= 4 is 5.91 Å². The zero-order valence-electron chi connectivity index (χ0n) is 12.1. The van der Waals surface area contributed by atoms with Gasteiger partial charge >= 0.3 is 0 Å². The summed E-state index contributed by atoms with van der Waals surface area (Å²) in [6, 6.07) is 0.0240. The van der Waals surface area contributed by atoms with Crippen LogP contribution in [0.4, 0.5) is 0 Å². The highest BCUT2D eigenvalue weighted by Crippen LogP contribution is 2.68. The molecule has 0 aromatic carbocycles. The summed E-state index contributed by atoms with van der Waals surface area (Å²) in [5.74, 6) is 1.16. The van der Waals surface area contributed by atoms with Crippen molar-refractivity contribution in [3.05, 3.63) is 12.2 Å². The molecular formula is C14H22N4O. The molecule has 1 aromatic rings. The highest BCUT2D eigenvalue weighted by Gasteiger charge is 2.68. The normalized spacial score (nSPS) is 27.7. The lowest BCUT2D eigenvalue weighted by Crippen LogP contribution is -2.35. The first-order valence-electron chi connectivity index (χ1n) is 7.04. The van der Waals surface area contributed by atoms with E-state index in [1.54, 1.807) is 6.33 Å². The van der Waals surface area contributed by atoms with E-state index in [0.717, 1.165) is 25.2 Å². The van der Waals surface area contributed by atoms with Crippen molar-refractivity contribution in [1.82, 2.24) is 20.1 Å². The third-order valence-corrected chi connectivity index (χ3v) is 5.42. The fraction of sp³-hybridized carbons (Fsp3) is 0.786. The molecule has 0 bridgehead atoms. The van der Waals surface area contributed by atoms with Crippen LogP contribution in [0.1, 0.15) is 52.4 Å². The van der Waals surface area contributed by atoms with Crippen LogP contribution in [0.25, 0.3) is 0 Å². The molecule has 1 unspecified atom stereocenters. The molecule has 1 saturated carbocycles. The molecule has 5 nitrogen and oxygen atoms in total. The number of carbonyl (C=O) groups is 1. The lowest BCUT2D eigenvalue weighted by Gasteiger charge is -2.23. The Kier molecular flexibility index (Phi) is 2.53. The smallest absolute Gasteiger partial charge is 0.224 e. The van der Waals surface area contributed by atoms with Gasteiger partial charge < -0.3 is 5.32 Å². The molecule has 5 heteroatoms. The van der Waals surface area contributed by atoms with Crippen molar-refractivity contribution in [3.63, 3.8) is 0 Å². The highest BCUT2D eigenvalue weighted by atomic mass is 16.2. The van der Waals surface area contributed by atoms with E-state index in [0.29, 0.717) is 0 Å². The lowest BCUT2D eigenvalue weighted by atomic mass is 10.0. The molecule has 0 spiro atoms. The van der Waals surface area contributed by atoms with E-state index in [-0.39, 0.29) is 28.7 Å². The zero-order chi connectivity index (χ0) is 13.8. The summed E-state index contributed by atoms with van der Waals surface area (Å²) in [6.45, 7) is 9.57. The average molecular weight is 262 g/mol. The van der Waals surface area contributed by atoms with Gasteiger partial charge in [0.05, 0.1) is 6.04 Å². The maximum absolute atomic E-state index is 12.5. The summed E-state index contributed by atoms with van der Waals surface area (Å²) in [7, 11) is 0. The summed E-state index contributed by atoms with van der Waals surface area (Å²) >= 11 is 0. The molecule has 2 heterocycles. The summed E-state index contributed by atoms with van der Waals surface area (Å²) in [4.78, 5) is 16.7. The number of rotatable bonds is 2. The van der Waals surface area contributed by atoms with E-state index >= 15 is 0 Å². The molecule has 1 aliphatic carbocycles. The number of aryl methyl sites for hydroxylation is 1. The first kappa shape index (κ1) is 12.6. The van der Waals surface area contributed by atoms with E-state index in [2.05, 4.69) is 43.1 Å². The van der Waals surface area contributed by atoms with Crippen LogP contribution in [-0.2, 0) is 11.3 Å². The van der Waals surface area contributed by atoms with Gasteiger partial charge in [-0.1, -0.05) is 27.7 Å². The molecule has 1 atom stereocenters. The minimum absolute atomic E-state index is 0.0240. The molecule has 104 valence electrons. The van der Waals surface area contributed by atoms with Crippen molar-refractivity contribution < 1.29 is 4.79 Å². The fourth-order valence-electron chi connectivity index (χ4n) is 3.53. The summed E-state index contributed by atoms with van der Waals surface area (Å²) < 4.78 is 1.90. The average Bonchev–Trinajstić information content (AvgIpc) is 2.69. The van der Waals surface area contributed by atoms with Gasteiger partial charge in [0.25, 0.3) is 0 Å². The van der Waals surface area contributed by atoms with Crippen molar-refractivity contribution in [3.8, 4) is 0 Å². The van der Waals surface area contributed by atoms with E-state index in [1.807, 2.05) is 4.68 Å². The predicted octanol–water partition coefficient (Wildman–Crippen LogP) is 1.91. The number of hydrogen-bond acceptors (Lipinski definition) is 3. The quantitative estimate of drug-likeness (QED) is 0.885. The molecule has 1 N–H and O–H groups in total. The molecule has 1 amide bonds. The number of amides is 1. The van der Waals surface area contributed by atoms with E-state index in [1.165, 1.54) is 0 Å². The largest absolute Gasteiger partial charge is 0.346 e. The first-order chi connectivity index (χ1) is 8.85. The fourth-order valence-corrected chi connectivity index (χ4v) is 3.53. The number of carbonyl (C=O) groups excluding carboxylic acids is 1. The highest BCUT2D eigenvalue weighted by molar-refractivity contribution is 5.84. The molecule has 1 aromatic heterocycles. The van der Waals surface area contributed by atoms with Gasteiger partial charge in [0, 0.05) is 12.5 Å². The predicted molar refractivity (Wildman–Crippen MR) is 71.2 cm³/mol. The Bertz CT molecular complexity index is 503. The summed E-state index contributed by atoms with van der Waals surface area (Å²) in [5, 5.41) is 7.36. The van der Waals surface area contributed by atoms with Crippen LogP contribution < -0.4 is 5.32 Å².